The Kier molecular flexibility index (Phi) is 8.43. The molecule has 1 radical (unpaired) electrons. The first kappa shape index (κ1) is 16.6. The molecule has 17 heavy (non-hydrogen) atoms. The van der Waals surface area contributed by atoms with E-state index >= 15 is 0 Å². The Morgan fingerprint density at radius 1 is 0.765 bits per heavy atom. The summed E-state index contributed by atoms with van der Waals surface area (Å²) in [5.41, 5.74) is 0. The van der Waals surface area contributed by atoms with Crippen molar-refractivity contribution in [1.82, 2.24) is 0 Å². The van der Waals surface area contributed by atoms with E-state index in [9.17, 15) is 13.2 Å². The van der Waals surface area contributed by atoms with Crippen LogP contribution < -0.4 is 0 Å². The number of benzene rings is 2. The van der Waals surface area contributed by atoms with E-state index in [-0.39, 0.29) is 29.6 Å². The van der Waals surface area contributed by atoms with Gasteiger partial charge in [0.15, 0.2) is 11.6 Å². The molecular weight excluding hydrogens is 256 g/mol. The molecule has 0 amide bonds. The van der Waals surface area contributed by atoms with Gasteiger partial charge in [-0.15, -0.1) is 12.6 Å². The Morgan fingerprint density at radius 3 is 1.71 bits per heavy atom. The molecule has 85 valence electrons. The molecule has 2 aromatic carbocycles. The zero-order chi connectivity index (χ0) is 12.0. The first-order valence-electron chi connectivity index (χ1n) is 4.44. The molecule has 0 fully saturated rings. The van der Waals surface area contributed by atoms with Crippen molar-refractivity contribution in [2.75, 3.05) is 0 Å². The van der Waals surface area contributed by atoms with Gasteiger partial charge in [-0.3, -0.25) is 0 Å². The van der Waals surface area contributed by atoms with E-state index in [2.05, 4.69) is 12.6 Å². The molecule has 2 rings (SSSR count). The van der Waals surface area contributed by atoms with Crippen LogP contribution in [0.1, 0.15) is 0 Å². The molecule has 0 saturated heterocycles. The van der Waals surface area contributed by atoms with Crippen molar-refractivity contribution in [2.24, 2.45) is 0 Å². The third-order valence-electron chi connectivity index (χ3n) is 1.64. The summed E-state index contributed by atoms with van der Waals surface area (Å²) in [4.78, 5) is 1.02. The molecule has 0 heterocycles. The van der Waals surface area contributed by atoms with E-state index in [1.807, 2.05) is 30.3 Å². The van der Waals surface area contributed by atoms with Crippen molar-refractivity contribution in [3.8, 4) is 0 Å². The van der Waals surface area contributed by atoms with Crippen molar-refractivity contribution < 1.29 is 13.2 Å². The van der Waals surface area contributed by atoms with E-state index in [4.69, 9.17) is 0 Å². The standard InChI is InChI=1S/C6H3F3.C6H6S.Na/c7-4-1-2-5(8)6(9)3-4;7-6-4-2-1-3-5-6;/h1-3H;1-5,7H;. The minimum atomic E-state index is -1.16. The number of hydrogen-bond acceptors (Lipinski definition) is 1. The molecule has 0 saturated carbocycles. The van der Waals surface area contributed by atoms with Crippen LogP contribution in [0.2, 0.25) is 0 Å². The maximum absolute atomic E-state index is 12.0. The van der Waals surface area contributed by atoms with E-state index in [0.717, 1.165) is 17.0 Å². The fraction of sp³-hybridized carbons (Fsp3) is 0. The summed E-state index contributed by atoms with van der Waals surface area (Å²) in [7, 11) is 0. The number of thiol groups is 1. The number of hydrogen-bond donors (Lipinski definition) is 1. The molecular formula is C12H9F3NaS. The second-order valence-corrected chi connectivity index (χ2v) is 3.41. The van der Waals surface area contributed by atoms with Gasteiger partial charge in [0.1, 0.15) is 5.82 Å². The molecule has 0 aliphatic rings. The third-order valence-corrected chi connectivity index (χ3v) is 1.94. The van der Waals surface area contributed by atoms with Crippen LogP contribution in [0.3, 0.4) is 0 Å². The van der Waals surface area contributed by atoms with Crippen LogP contribution in [-0.2, 0) is 0 Å². The average molecular weight is 265 g/mol. The van der Waals surface area contributed by atoms with Gasteiger partial charge in [-0.05, 0) is 24.3 Å². The molecule has 5 heteroatoms. The first-order chi connectivity index (χ1) is 7.59. The average Bonchev–Trinajstić information content (AvgIpc) is 2.26. The summed E-state index contributed by atoms with van der Waals surface area (Å²) in [5, 5.41) is 0. The van der Waals surface area contributed by atoms with Gasteiger partial charge in [0.25, 0.3) is 0 Å². The topological polar surface area (TPSA) is 0 Å². The minimum Gasteiger partial charge on any atom is -0.207 e. The summed E-state index contributed by atoms with van der Waals surface area (Å²) >= 11 is 4.08. The van der Waals surface area contributed by atoms with E-state index in [1.165, 1.54) is 0 Å². The fourth-order valence-electron chi connectivity index (χ4n) is 0.898. The molecule has 0 atom stereocenters. The van der Waals surface area contributed by atoms with Crippen LogP contribution in [-0.4, -0.2) is 29.6 Å². The van der Waals surface area contributed by atoms with Crippen molar-refractivity contribution in [3.05, 3.63) is 66.0 Å². The third kappa shape index (κ3) is 6.78. The SMILES string of the molecule is Fc1ccc(F)c(F)c1.Sc1ccccc1.[Na]. The van der Waals surface area contributed by atoms with Gasteiger partial charge in [0.05, 0.1) is 0 Å². The summed E-state index contributed by atoms with van der Waals surface area (Å²) in [6.45, 7) is 0. The van der Waals surface area contributed by atoms with E-state index < -0.39 is 17.5 Å². The Bertz CT molecular complexity index is 449. The normalized spacial score (nSPS) is 8.71. The molecule has 0 aromatic heterocycles. The second kappa shape index (κ2) is 8.64. The Hall–Kier alpha value is -0.420. The minimum absolute atomic E-state index is 0. The summed E-state index contributed by atoms with van der Waals surface area (Å²) in [6.07, 6.45) is 0. The van der Waals surface area contributed by atoms with Gasteiger partial charge < -0.3 is 0 Å². The van der Waals surface area contributed by atoms with Crippen LogP contribution in [0, 0.1) is 17.5 Å². The first-order valence-corrected chi connectivity index (χ1v) is 4.89. The summed E-state index contributed by atoms with van der Waals surface area (Å²) in [5.74, 6) is -2.96. The predicted molar refractivity (Wildman–Crippen MR) is 65.8 cm³/mol. The molecule has 0 N–H and O–H groups in total. The van der Waals surface area contributed by atoms with Crippen LogP contribution >= 0.6 is 12.6 Å². The van der Waals surface area contributed by atoms with Crippen molar-refractivity contribution in [2.45, 2.75) is 4.90 Å². The molecule has 0 aliphatic carbocycles. The molecule has 2 aromatic rings. The summed E-state index contributed by atoms with van der Waals surface area (Å²) in [6, 6.07) is 11.9. The van der Waals surface area contributed by atoms with Crippen LogP contribution in [0.25, 0.3) is 0 Å². The van der Waals surface area contributed by atoms with Crippen molar-refractivity contribution in [1.29, 1.82) is 0 Å². The maximum atomic E-state index is 12.0. The monoisotopic (exact) mass is 265 g/mol. The van der Waals surface area contributed by atoms with Gasteiger partial charge >= 0.3 is 0 Å². The molecule has 0 spiro atoms. The van der Waals surface area contributed by atoms with Crippen LogP contribution in [0.15, 0.2) is 53.4 Å². The van der Waals surface area contributed by atoms with Crippen molar-refractivity contribution in [3.63, 3.8) is 0 Å². The maximum Gasteiger partial charge on any atom is 0.161 e. The molecule has 0 nitrogen and oxygen atoms in total. The predicted octanol–water partition coefficient (Wildman–Crippen LogP) is 3.70. The zero-order valence-corrected chi connectivity index (χ0v) is 12.1. The molecule has 0 aliphatic heterocycles. The van der Waals surface area contributed by atoms with Gasteiger partial charge in [-0.1, -0.05) is 18.2 Å². The number of halogens is 3. The largest absolute Gasteiger partial charge is 0.207 e. The van der Waals surface area contributed by atoms with Crippen LogP contribution in [0.5, 0.6) is 0 Å². The Labute approximate surface area is 126 Å². The second-order valence-electron chi connectivity index (χ2n) is 2.89. The summed E-state index contributed by atoms with van der Waals surface area (Å²) < 4.78 is 35.9. The number of rotatable bonds is 0. The van der Waals surface area contributed by atoms with E-state index in [1.54, 1.807) is 0 Å². The van der Waals surface area contributed by atoms with Gasteiger partial charge in [-0.2, -0.15) is 0 Å². The quantitative estimate of drug-likeness (QED) is 0.419. The fourth-order valence-corrected chi connectivity index (χ4v) is 1.07. The smallest absolute Gasteiger partial charge is 0.161 e. The van der Waals surface area contributed by atoms with Crippen molar-refractivity contribution >= 4 is 42.2 Å². The van der Waals surface area contributed by atoms with Crippen LogP contribution in [0.4, 0.5) is 13.2 Å². The molecule has 0 bridgehead atoms. The van der Waals surface area contributed by atoms with E-state index in [0.29, 0.717) is 6.07 Å². The van der Waals surface area contributed by atoms with Gasteiger partial charge in [0, 0.05) is 40.5 Å². The Balaban J connectivity index is 0.000000292. The van der Waals surface area contributed by atoms with Gasteiger partial charge in [-0.25, -0.2) is 13.2 Å². The Morgan fingerprint density at radius 2 is 1.35 bits per heavy atom. The van der Waals surface area contributed by atoms with Gasteiger partial charge in [0.2, 0.25) is 0 Å². The zero-order valence-electron chi connectivity index (χ0n) is 9.20. The molecule has 0 unspecified atom stereocenters.